The number of aromatic amines is 1. The number of hydrogen-bond acceptors (Lipinski definition) is 11. The van der Waals surface area contributed by atoms with Crippen molar-refractivity contribution in [2.45, 2.75) is 13.2 Å². The maximum absolute atomic E-state index is 13.6. The average Bonchev–Trinajstić information content (AvgIpc) is 3.37. The van der Waals surface area contributed by atoms with Crippen LogP contribution in [-0.4, -0.2) is 65.5 Å². The molecule has 0 saturated heterocycles. The molecule has 0 aliphatic rings. The first-order valence-corrected chi connectivity index (χ1v) is 14.5. The Kier molecular flexibility index (Phi) is 10.1. The molecule has 2 aromatic heterocycles. The number of rotatable bonds is 15. The first-order valence-electron chi connectivity index (χ1n) is 12.4. The summed E-state index contributed by atoms with van der Waals surface area (Å²) in [6.45, 7) is -0.0619. The van der Waals surface area contributed by atoms with E-state index in [1.54, 1.807) is 41.0 Å². The number of methoxy groups -OCH3 is 2. The molecule has 4 aromatic rings. The zero-order valence-electron chi connectivity index (χ0n) is 22.4. The minimum Gasteiger partial charge on any atom is -0.493 e. The van der Waals surface area contributed by atoms with Gasteiger partial charge in [-0.25, -0.2) is 4.98 Å². The van der Waals surface area contributed by atoms with E-state index in [2.05, 4.69) is 15.0 Å². The van der Waals surface area contributed by atoms with Crippen molar-refractivity contribution in [2.24, 2.45) is 0 Å². The molecule has 0 spiro atoms. The fourth-order valence-corrected chi connectivity index (χ4v) is 5.35. The van der Waals surface area contributed by atoms with Gasteiger partial charge in [0.1, 0.15) is 6.61 Å². The summed E-state index contributed by atoms with van der Waals surface area (Å²) in [4.78, 5) is 35.3. The lowest BCUT2D eigenvalue weighted by Gasteiger charge is -2.19. The second-order valence-corrected chi connectivity index (χ2v) is 11.3. The predicted molar refractivity (Wildman–Crippen MR) is 152 cm³/mol. The van der Waals surface area contributed by atoms with E-state index in [0.717, 1.165) is 0 Å². The third-order valence-corrected chi connectivity index (χ3v) is 7.90. The first kappa shape index (κ1) is 30.2. The molecule has 2 aromatic carbocycles. The highest BCUT2D eigenvalue weighted by molar-refractivity contribution is 7.53. The van der Waals surface area contributed by atoms with Crippen LogP contribution in [-0.2, 0) is 31.5 Å². The number of aromatic nitrogens is 4. The number of carbonyl (C=O) groups excluding carboxylic acids is 1. The maximum Gasteiger partial charge on any atom is 0.333 e. The summed E-state index contributed by atoms with van der Waals surface area (Å²) in [5.41, 5.74) is 6.64. The number of halogens is 1. The van der Waals surface area contributed by atoms with Gasteiger partial charge in [-0.2, -0.15) is 4.98 Å². The standard InChI is InChI=1S/C26H29ClN5O8P/c1-36-21-7-6-18(13-22(21)37-2)20(33)15-40-41(35,39-14-17-4-3-5-19(27)12-17)11-10-38-9-8-32-16-29-23-24(32)30-26(28)31-25(23)34/h3-7,12-13,16H,8-11,14-15H2,1-2H3,(H3,28,30,31,34). The number of imidazole rings is 1. The number of nitrogen functional groups attached to an aromatic ring is 1. The summed E-state index contributed by atoms with van der Waals surface area (Å²) in [6.07, 6.45) is 1.33. The Balaban J connectivity index is 1.38. The monoisotopic (exact) mass is 605 g/mol. The minimum absolute atomic E-state index is 0.000152. The second-order valence-electron chi connectivity index (χ2n) is 8.68. The molecule has 41 heavy (non-hydrogen) atoms. The molecule has 0 amide bonds. The molecule has 0 aliphatic carbocycles. The number of benzene rings is 2. The van der Waals surface area contributed by atoms with Crippen LogP contribution in [0.1, 0.15) is 15.9 Å². The highest BCUT2D eigenvalue weighted by Gasteiger charge is 2.27. The fraction of sp³-hybridized carbons (Fsp3) is 0.308. The van der Waals surface area contributed by atoms with E-state index in [1.165, 1.54) is 26.6 Å². The zero-order chi connectivity index (χ0) is 29.4. The van der Waals surface area contributed by atoms with Crippen molar-refractivity contribution in [3.8, 4) is 11.5 Å². The number of ketones is 1. The molecule has 13 nitrogen and oxygen atoms in total. The van der Waals surface area contributed by atoms with Crippen LogP contribution in [0.3, 0.4) is 0 Å². The number of nitrogens with one attached hydrogen (secondary N) is 1. The number of anilines is 1. The lowest BCUT2D eigenvalue weighted by Crippen LogP contribution is -2.15. The van der Waals surface area contributed by atoms with Crippen LogP contribution >= 0.6 is 19.2 Å². The van der Waals surface area contributed by atoms with Gasteiger partial charge in [-0.3, -0.25) is 19.1 Å². The van der Waals surface area contributed by atoms with Gasteiger partial charge in [0, 0.05) is 17.1 Å². The van der Waals surface area contributed by atoms with E-state index in [-0.39, 0.29) is 37.4 Å². The van der Waals surface area contributed by atoms with E-state index in [0.29, 0.717) is 39.8 Å². The zero-order valence-corrected chi connectivity index (χ0v) is 24.0. The molecule has 4 rings (SSSR count). The van der Waals surface area contributed by atoms with E-state index in [9.17, 15) is 14.2 Å². The molecular formula is C26H29ClN5O8P. The molecule has 0 saturated carbocycles. The van der Waals surface area contributed by atoms with Gasteiger partial charge >= 0.3 is 7.60 Å². The Bertz CT molecular complexity index is 1630. The Hall–Kier alpha value is -3.74. The highest BCUT2D eigenvalue weighted by atomic mass is 35.5. The summed E-state index contributed by atoms with van der Waals surface area (Å²) >= 11 is 6.05. The van der Waals surface area contributed by atoms with Gasteiger partial charge in [-0.05, 0) is 35.9 Å². The Morgan fingerprint density at radius 3 is 2.66 bits per heavy atom. The van der Waals surface area contributed by atoms with Crippen molar-refractivity contribution in [3.05, 3.63) is 75.3 Å². The lowest BCUT2D eigenvalue weighted by atomic mass is 10.1. The highest BCUT2D eigenvalue weighted by Crippen LogP contribution is 2.49. The first-order chi connectivity index (χ1) is 19.7. The van der Waals surface area contributed by atoms with Gasteiger partial charge in [0.2, 0.25) is 5.95 Å². The smallest absolute Gasteiger partial charge is 0.333 e. The Morgan fingerprint density at radius 1 is 1.10 bits per heavy atom. The molecule has 0 bridgehead atoms. The minimum atomic E-state index is -3.80. The molecule has 218 valence electrons. The van der Waals surface area contributed by atoms with Crippen molar-refractivity contribution < 1.29 is 32.6 Å². The third kappa shape index (κ3) is 7.93. The van der Waals surface area contributed by atoms with Crippen molar-refractivity contribution in [3.63, 3.8) is 0 Å². The number of hydrogen-bond donors (Lipinski definition) is 2. The molecule has 0 fully saturated rings. The number of fused-ring (bicyclic) bond motifs is 1. The van der Waals surface area contributed by atoms with Gasteiger partial charge in [0.25, 0.3) is 5.56 Å². The number of carbonyl (C=O) groups is 1. The number of ether oxygens (including phenoxy) is 3. The Labute approximate surface area is 240 Å². The van der Waals surface area contributed by atoms with Crippen molar-refractivity contribution in [1.29, 1.82) is 0 Å². The van der Waals surface area contributed by atoms with Gasteiger partial charge in [-0.15, -0.1) is 0 Å². The van der Waals surface area contributed by atoms with Crippen molar-refractivity contribution in [2.75, 3.05) is 45.9 Å². The molecule has 0 aliphatic heterocycles. The van der Waals surface area contributed by atoms with Gasteiger partial charge in [0.15, 0.2) is 28.4 Å². The van der Waals surface area contributed by atoms with Crippen molar-refractivity contribution in [1.82, 2.24) is 19.5 Å². The maximum atomic E-state index is 13.6. The summed E-state index contributed by atoms with van der Waals surface area (Å²) in [5.74, 6) is 0.391. The summed E-state index contributed by atoms with van der Waals surface area (Å²) in [5, 5.41) is 0.499. The summed E-state index contributed by atoms with van der Waals surface area (Å²) in [7, 11) is -0.850. The lowest BCUT2D eigenvalue weighted by molar-refractivity contribution is 0.0885. The number of Topliss-reactive ketones (excluding diaryl/α,β-unsaturated/α-hetero) is 1. The molecule has 0 radical (unpaired) electrons. The topological polar surface area (TPSA) is 170 Å². The van der Waals surface area contributed by atoms with Crippen LogP contribution in [0.5, 0.6) is 11.5 Å². The van der Waals surface area contributed by atoms with Gasteiger partial charge in [0.05, 0.1) is 46.5 Å². The molecule has 1 atom stereocenters. The van der Waals surface area contributed by atoms with E-state index >= 15 is 0 Å². The van der Waals surface area contributed by atoms with Crippen LogP contribution in [0, 0.1) is 0 Å². The van der Waals surface area contributed by atoms with E-state index in [1.807, 2.05) is 0 Å². The quantitative estimate of drug-likeness (QED) is 0.115. The molecule has 15 heteroatoms. The van der Waals surface area contributed by atoms with Crippen LogP contribution in [0.15, 0.2) is 53.6 Å². The molecule has 1 unspecified atom stereocenters. The van der Waals surface area contributed by atoms with E-state index in [4.69, 9.17) is 40.6 Å². The molecular weight excluding hydrogens is 577 g/mol. The van der Waals surface area contributed by atoms with E-state index < -0.39 is 25.5 Å². The number of H-pyrrole nitrogens is 1. The van der Waals surface area contributed by atoms with Crippen LogP contribution in [0.2, 0.25) is 5.02 Å². The third-order valence-electron chi connectivity index (χ3n) is 5.89. The predicted octanol–water partition coefficient (Wildman–Crippen LogP) is 3.70. The Morgan fingerprint density at radius 2 is 1.90 bits per heavy atom. The van der Waals surface area contributed by atoms with Crippen molar-refractivity contribution >= 4 is 42.1 Å². The fourth-order valence-electron chi connectivity index (χ4n) is 3.79. The van der Waals surface area contributed by atoms with Crippen LogP contribution in [0.25, 0.3) is 11.2 Å². The average molecular weight is 606 g/mol. The summed E-state index contributed by atoms with van der Waals surface area (Å²) < 4.78 is 42.7. The number of nitrogens with zero attached hydrogens (tertiary/aromatic N) is 3. The largest absolute Gasteiger partial charge is 0.493 e. The normalized spacial score (nSPS) is 12.8. The number of nitrogens with two attached hydrogens (primary N) is 1. The van der Waals surface area contributed by atoms with Crippen LogP contribution in [0.4, 0.5) is 5.95 Å². The van der Waals surface area contributed by atoms with Crippen LogP contribution < -0.4 is 20.8 Å². The second kappa shape index (κ2) is 13.7. The molecule has 3 N–H and O–H groups in total. The summed E-state index contributed by atoms with van der Waals surface area (Å²) in [6, 6.07) is 11.6. The van der Waals surface area contributed by atoms with Gasteiger partial charge in [-0.1, -0.05) is 23.7 Å². The molecule has 2 heterocycles. The SMILES string of the molecule is COc1ccc(C(=O)COP(=O)(CCOCCn2cnc3c(=O)[nH]c(N)nc32)OCc2cccc(Cl)c2)cc1OC. The van der Waals surface area contributed by atoms with Gasteiger partial charge < -0.3 is 33.6 Å².